The zero-order valence-corrected chi connectivity index (χ0v) is 23.8. The second-order valence-corrected chi connectivity index (χ2v) is 12.2. The topological polar surface area (TPSA) is 9.23 Å². The molecule has 0 aromatic rings. The van der Waals surface area contributed by atoms with Crippen molar-refractivity contribution in [1.29, 1.82) is 0 Å². The summed E-state index contributed by atoms with van der Waals surface area (Å²) in [6.07, 6.45) is 0.00693. The van der Waals surface area contributed by atoms with Crippen LogP contribution >= 0.6 is 22.6 Å². The molecule has 1 saturated heterocycles. The summed E-state index contributed by atoms with van der Waals surface area (Å²) >= 11 is 1.85. The smallest absolute Gasteiger partial charge is 0.380 e. The highest BCUT2D eigenvalue weighted by atomic mass is 127. The third kappa shape index (κ3) is 6.84. The summed E-state index contributed by atoms with van der Waals surface area (Å²) in [7, 11) is 0. The van der Waals surface area contributed by atoms with Gasteiger partial charge in [0.25, 0.3) is 0 Å². The lowest BCUT2D eigenvalue weighted by molar-refractivity contribution is -0.441. The highest BCUT2D eigenvalue weighted by molar-refractivity contribution is 14.1. The van der Waals surface area contributed by atoms with E-state index in [1.807, 2.05) is 22.6 Å². The Kier molecular flexibility index (Phi) is 11.3. The Bertz CT molecular complexity index is 870. The van der Waals surface area contributed by atoms with Crippen molar-refractivity contribution in [2.45, 2.75) is 120 Å². The van der Waals surface area contributed by atoms with Gasteiger partial charge in [0.15, 0.2) is 0 Å². The Balaban J connectivity index is 2.39. The molecule has 236 valence electrons. The van der Waals surface area contributed by atoms with Crippen LogP contribution in [0.2, 0.25) is 0 Å². The first-order valence-electron chi connectivity index (χ1n) is 13.0. The maximum absolute atomic E-state index is 14.8. The van der Waals surface area contributed by atoms with Crippen molar-refractivity contribution in [3.63, 3.8) is 0 Å². The number of hydrogen-bond acceptors (Lipinski definition) is 1. The van der Waals surface area contributed by atoms with Crippen LogP contribution in [0.15, 0.2) is 9.15 Å². The van der Waals surface area contributed by atoms with Gasteiger partial charge in [-0.2, -0.15) is 57.1 Å². The van der Waals surface area contributed by atoms with Crippen molar-refractivity contribution in [3.8, 4) is 0 Å². The lowest BCUT2D eigenvalue weighted by Gasteiger charge is -2.42. The minimum atomic E-state index is -7.89. The van der Waals surface area contributed by atoms with Crippen molar-refractivity contribution in [1.82, 2.24) is 0 Å². The molecule has 0 amide bonds. The van der Waals surface area contributed by atoms with Gasteiger partial charge in [0.1, 0.15) is 0 Å². The first-order valence-corrected chi connectivity index (χ1v) is 14.1. The van der Waals surface area contributed by atoms with Gasteiger partial charge in [-0.15, -0.1) is 0 Å². The summed E-state index contributed by atoms with van der Waals surface area (Å²) in [5.41, 5.74) is -1.20. The van der Waals surface area contributed by atoms with Crippen molar-refractivity contribution >= 4 is 22.6 Å². The minimum Gasteiger partial charge on any atom is -0.380 e. The summed E-state index contributed by atoms with van der Waals surface area (Å²) in [6.45, 7) is 0.0340. The van der Waals surface area contributed by atoms with Gasteiger partial charge in [-0.3, -0.25) is 0 Å². The highest BCUT2D eigenvalue weighted by Gasteiger charge is 2.90. The molecule has 0 radical (unpaired) electrons. The molecule has 2 aliphatic rings. The van der Waals surface area contributed by atoms with Crippen LogP contribution < -0.4 is 0 Å². The van der Waals surface area contributed by atoms with E-state index in [9.17, 15) is 57.1 Å². The minimum absolute atomic E-state index is 0.279. The quantitative estimate of drug-likeness (QED) is 0.188. The first-order chi connectivity index (χ1) is 18.1. The highest BCUT2D eigenvalue weighted by Crippen LogP contribution is 2.62. The van der Waals surface area contributed by atoms with E-state index >= 15 is 0 Å². The molecule has 0 aromatic heterocycles. The molecule has 1 aliphatic heterocycles. The lowest BCUT2D eigenvalue weighted by atomic mass is 9.72. The molecule has 2 unspecified atom stereocenters. The molecule has 2 fully saturated rings. The van der Waals surface area contributed by atoms with Crippen molar-refractivity contribution in [3.05, 3.63) is 9.15 Å². The van der Waals surface area contributed by atoms with Crippen LogP contribution in [0.25, 0.3) is 0 Å². The van der Waals surface area contributed by atoms with Crippen LogP contribution in [0, 0.1) is 11.3 Å². The van der Waals surface area contributed by atoms with Crippen LogP contribution in [0.5, 0.6) is 0 Å². The second-order valence-electron chi connectivity index (χ2n) is 11.0. The summed E-state index contributed by atoms with van der Waals surface area (Å²) in [4.78, 5) is 0. The lowest BCUT2D eigenvalue weighted by Crippen LogP contribution is -2.70. The van der Waals surface area contributed by atoms with E-state index in [4.69, 9.17) is 4.74 Å². The fourth-order valence-electron chi connectivity index (χ4n) is 5.21. The third-order valence-corrected chi connectivity index (χ3v) is 9.30. The molecule has 40 heavy (non-hydrogen) atoms. The Morgan fingerprint density at radius 1 is 0.675 bits per heavy atom. The maximum Gasteiger partial charge on any atom is 0.460 e. The van der Waals surface area contributed by atoms with E-state index in [2.05, 4.69) is 0 Å². The second kappa shape index (κ2) is 12.6. The largest absolute Gasteiger partial charge is 0.460 e. The van der Waals surface area contributed by atoms with E-state index in [1.165, 1.54) is 0 Å². The monoisotopic (exact) mass is 722 g/mol. The Morgan fingerprint density at radius 2 is 1.07 bits per heavy atom. The number of allylic oxidation sites excluding steroid dienone is 1. The van der Waals surface area contributed by atoms with Crippen LogP contribution in [-0.2, 0) is 4.74 Å². The molecule has 0 aromatic carbocycles. The SMILES string of the molecule is CC1(CC(F)(F)C(F)(F)C(F)(F)C(F)(F)C(F)(F)C(F)(F)F)COCC1C(I)=C1CCCCCCCCCCC1. The van der Waals surface area contributed by atoms with E-state index in [1.54, 1.807) is 0 Å². The fourth-order valence-corrected chi connectivity index (χ4v) is 6.68. The molecule has 1 saturated carbocycles. The van der Waals surface area contributed by atoms with E-state index in [0.29, 0.717) is 16.4 Å². The van der Waals surface area contributed by atoms with Gasteiger partial charge in [0, 0.05) is 17.8 Å². The van der Waals surface area contributed by atoms with Gasteiger partial charge in [-0.05, 0) is 51.9 Å². The van der Waals surface area contributed by atoms with Crippen molar-refractivity contribution in [2.24, 2.45) is 11.3 Å². The predicted molar refractivity (Wildman–Crippen MR) is 130 cm³/mol. The molecule has 2 rings (SSSR count). The first kappa shape index (κ1) is 35.7. The number of rotatable bonds is 7. The molecular formula is C25H32F13IO. The van der Waals surface area contributed by atoms with Crippen molar-refractivity contribution < 1.29 is 61.8 Å². The Hall–Kier alpha value is -0.480. The van der Waals surface area contributed by atoms with Crippen molar-refractivity contribution in [2.75, 3.05) is 13.2 Å². The number of halogens is 14. The predicted octanol–water partition coefficient (Wildman–Crippen LogP) is 10.8. The standard InChI is InChI=1S/C25H32F13IO/c1-19(14-20(26,27)21(28,29)22(30,31)23(32,33)24(34,35)25(36,37)38)15-40-13-17(19)18(39)16-11-9-7-5-3-2-4-6-8-10-12-16/h17H,2-15H2,1H3. The normalized spacial score (nSPS) is 25.9. The maximum atomic E-state index is 14.8. The third-order valence-electron chi connectivity index (χ3n) is 7.78. The number of alkyl halides is 13. The molecule has 1 nitrogen and oxygen atoms in total. The zero-order valence-electron chi connectivity index (χ0n) is 21.7. The van der Waals surface area contributed by atoms with Crippen LogP contribution in [0.4, 0.5) is 57.1 Å². The van der Waals surface area contributed by atoms with E-state index < -0.39 is 60.1 Å². The number of ether oxygens (including phenoxy) is 1. The average molecular weight is 722 g/mol. The molecule has 0 N–H and O–H groups in total. The van der Waals surface area contributed by atoms with Gasteiger partial charge in [-0.1, -0.05) is 57.4 Å². The summed E-state index contributed by atoms with van der Waals surface area (Å²) in [6, 6.07) is 0. The molecule has 1 heterocycles. The molecule has 2 atom stereocenters. The van der Waals surface area contributed by atoms with Crippen LogP contribution in [0.3, 0.4) is 0 Å². The average Bonchev–Trinajstić information content (AvgIpc) is 3.17. The Morgan fingerprint density at radius 3 is 1.50 bits per heavy atom. The van der Waals surface area contributed by atoms with E-state index in [0.717, 1.165) is 70.3 Å². The number of hydrogen-bond donors (Lipinski definition) is 0. The molecule has 15 heteroatoms. The van der Waals surface area contributed by atoms with Gasteiger partial charge < -0.3 is 4.74 Å². The molecule has 1 aliphatic carbocycles. The molecular weight excluding hydrogens is 690 g/mol. The molecule has 0 spiro atoms. The van der Waals surface area contributed by atoms with Crippen LogP contribution in [0.1, 0.15) is 84.0 Å². The Labute approximate surface area is 237 Å². The van der Waals surface area contributed by atoms with Gasteiger partial charge in [-0.25, -0.2) is 0 Å². The summed E-state index contributed by atoms with van der Waals surface area (Å²) in [5, 5.41) is 0. The summed E-state index contributed by atoms with van der Waals surface area (Å²) < 4.78 is 183. The van der Waals surface area contributed by atoms with E-state index in [-0.39, 0.29) is 6.61 Å². The summed E-state index contributed by atoms with van der Waals surface area (Å²) in [5.74, 6) is -37.8. The molecule has 0 bridgehead atoms. The van der Waals surface area contributed by atoms with Gasteiger partial charge in [0.2, 0.25) is 0 Å². The van der Waals surface area contributed by atoms with Crippen LogP contribution in [-0.4, -0.2) is 49.0 Å². The zero-order chi connectivity index (χ0) is 30.8. The fraction of sp³-hybridized carbons (Fsp3) is 0.920. The van der Waals surface area contributed by atoms with Gasteiger partial charge >= 0.3 is 35.8 Å². The van der Waals surface area contributed by atoms with Gasteiger partial charge in [0.05, 0.1) is 13.2 Å².